The predicted octanol–water partition coefficient (Wildman–Crippen LogP) is 2.27. The van der Waals surface area contributed by atoms with Crippen molar-refractivity contribution in [1.82, 2.24) is 0 Å². The molecule has 0 aromatic heterocycles. The third kappa shape index (κ3) is 4.62. The lowest BCUT2D eigenvalue weighted by molar-refractivity contribution is -0.190. The van der Waals surface area contributed by atoms with Crippen LogP contribution in [0.25, 0.3) is 0 Å². The summed E-state index contributed by atoms with van der Waals surface area (Å²) in [4.78, 5) is 11.4. The molecule has 0 amide bonds. The molecule has 0 aliphatic rings. The standard InChI is InChI=1S/C11H12F3NO3/c1-7-4-8(2-3-9(7)15)10(16)18-6-17-5-11(12,13)14/h2-4H,5-6,15H2,1H3. The topological polar surface area (TPSA) is 61.5 Å². The number of ether oxygens (including phenoxy) is 2. The Hall–Kier alpha value is -1.76. The fraction of sp³-hybridized carbons (Fsp3) is 0.364. The predicted molar refractivity (Wildman–Crippen MR) is 57.9 cm³/mol. The molecule has 0 saturated carbocycles. The summed E-state index contributed by atoms with van der Waals surface area (Å²) in [7, 11) is 0. The van der Waals surface area contributed by atoms with Gasteiger partial charge in [0, 0.05) is 5.69 Å². The van der Waals surface area contributed by atoms with Gasteiger partial charge in [0.15, 0.2) is 6.79 Å². The Labute approximate surface area is 101 Å². The molecule has 0 fully saturated rings. The quantitative estimate of drug-likeness (QED) is 0.392. The maximum Gasteiger partial charge on any atom is 0.411 e. The number of aryl methyl sites for hydroxylation is 1. The monoisotopic (exact) mass is 263 g/mol. The summed E-state index contributed by atoms with van der Waals surface area (Å²) >= 11 is 0. The molecule has 0 unspecified atom stereocenters. The molecule has 0 aliphatic carbocycles. The van der Waals surface area contributed by atoms with E-state index < -0.39 is 25.5 Å². The zero-order valence-corrected chi connectivity index (χ0v) is 9.58. The number of nitrogens with two attached hydrogens (primary N) is 1. The van der Waals surface area contributed by atoms with E-state index in [-0.39, 0.29) is 5.56 Å². The van der Waals surface area contributed by atoms with Crippen LogP contribution in [-0.4, -0.2) is 25.5 Å². The first-order valence-electron chi connectivity index (χ1n) is 4.97. The lowest BCUT2D eigenvalue weighted by Crippen LogP contribution is -2.19. The second-order valence-electron chi connectivity index (χ2n) is 3.58. The minimum absolute atomic E-state index is 0.206. The Morgan fingerprint density at radius 1 is 1.39 bits per heavy atom. The average molecular weight is 263 g/mol. The van der Waals surface area contributed by atoms with Crippen molar-refractivity contribution in [2.24, 2.45) is 0 Å². The fourth-order valence-electron chi connectivity index (χ4n) is 1.14. The molecule has 0 heterocycles. The molecule has 18 heavy (non-hydrogen) atoms. The van der Waals surface area contributed by atoms with E-state index in [1.54, 1.807) is 6.92 Å². The third-order valence-corrected chi connectivity index (χ3v) is 2.04. The van der Waals surface area contributed by atoms with Gasteiger partial charge in [-0.15, -0.1) is 0 Å². The summed E-state index contributed by atoms with van der Waals surface area (Å²) in [5, 5.41) is 0. The molecule has 100 valence electrons. The van der Waals surface area contributed by atoms with Gasteiger partial charge >= 0.3 is 12.1 Å². The van der Waals surface area contributed by atoms with Crippen molar-refractivity contribution >= 4 is 11.7 Å². The van der Waals surface area contributed by atoms with Crippen LogP contribution in [0.4, 0.5) is 18.9 Å². The number of benzene rings is 1. The van der Waals surface area contributed by atoms with E-state index in [4.69, 9.17) is 5.73 Å². The maximum atomic E-state index is 11.7. The molecule has 1 aromatic rings. The summed E-state index contributed by atoms with van der Waals surface area (Å²) in [5.41, 5.74) is 6.96. The third-order valence-electron chi connectivity index (χ3n) is 2.04. The Bertz CT molecular complexity index is 432. The van der Waals surface area contributed by atoms with Crippen LogP contribution >= 0.6 is 0 Å². The van der Waals surface area contributed by atoms with Gasteiger partial charge in [0.1, 0.15) is 6.61 Å². The van der Waals surface area contributed by atoms with Crippen LogP contribution < -0.4 is 5.73 Å². The zero-order chi connectivity index (χ0) is 13.8. The number of carbonyl (C=O) groups excluding carboxylic acids is 1. The molecule has 0 atom stereocenters. The van der Waals surface area contributed by atoms with Crippen LogP contribution in [0, 0.1) is 6.92 Å². The van der Waals surface area contributed by atoms with Gasteiger partial charge in [0.2, 0.25) is 0 Å². The molecule has 1 rings (SSSR count). The average Bonchev–Trinajstić information content (AvgIpc) is 2.26. The summed E-state index contributed by atoms with van der Waals surface area (Å²) in [6, 6.07) is 4.43. The van der Waals surface area contributed by atoms with Crippen LogP contribution in [-0.2, 0) is 9.47 Å². The summed E-state index contributed by atoms with van der Waals surface area (Å²) in [6.07, 6.45) is -4.44. The first kappa shape index (κ1) is 14.3. The van der Waals surface area contributed by atoms with Crippen LogP contribution in [0.2, 0.25) is 0 Å². The van der Waals surface area contributed by atoms with Crippen LogP contribution in [0.5, 0.6) is 0 Å². The second kappa shape index (κ2) is 5.72. The molecule has 7 heteroatoms. The SMILES string of the molecule is Cc1cc(C(=O)OCOCC(F)(F)F)ccc1N. The van der Waals surface area contributed by atoms with Crippen molar-refractivity contribution in [1.29, 1.82) is 0 Å². The van der Waals surface area contributed by atoms with E-state index in [1.165, 1.54) is 18.2 Å². The molecular weight excluding hydrogens is 251 g/mol. The highest BCUT2D eigenvalue weighted by molar-refractivity contribution is 5.90. The maximum absolute atomic E-state index is 11.7. The number of anilines is 1. The van der Waals surface area contributed by atoms with Gasteiger partial charge < -0.3 is 15.2 Å². The highest BCUT2D eigenvalue weighted by Crippen LogP contribution is 2.15. The second-order valence-corrected chi connectivity index (χ2v) is 3.58. The molecule has 0 radical (unpaired) electrons. The fourth-order valence-corrected chi connectivity index (χ4v) is 1.14. The van der Waals surface area contributed by atoms with Crippen molar-refractivity contribution in [3.8, 4) is 0 Å². The van der Waals surface area contributed by atoms with E-state index in [1.807, 2.05) is 0 Å². The Morgan fingerprint density at radius 2 is 2.06 bits per heavy atom. The normalized spacial score (nSPS) is 11.3. The van der Waals surface area contributed by atoms with Crippen molar-refractivity contribution in [2.75, 3.05) is 19.1 Å². The minimum atomic E-state index is -4.44. The zero-order valence-electron chi connectivity index (χ0n) is 9.58. The lowest BCUT2D eigenvalue weighted by Gasteiger charge is -2.09. The summed E-state index contributed by atoms with van der Waals surface area (Å²) in [6.45, 7) is -0.505. The first-order valence-corrected chi connectivity index (χ1v) is 4.97. The van der Waals surface area contributed by atoms with Crippen LogP contribution in [0.15, 0.2) is 18.2 Å². The summed E-state index contributed by atoms with van der Waals surface area (Å²) < 4.78 is 43.8. The largest absolute Gasteiger partial charge is 0.435 e. The Balaban J connectivity index is 2.43. The van der Waals surface area contributed by atoms with Gasteiger partial charge in [-0.2, -0.15) is 13.2 Å². The molecule has 0 bridgehead atoms. The Morgan fingerprint density at radius 3 is 2.61 bits per heavy atom. The lowest BCUT2D eigenvalue weighted by atomic mass is 10.1. The number of nitrogen functional groups attached to an aromatic ring is 1. The number of hydrogen-bond acceptors (Lipinski definition) is 4. The molecule has 0 saturated heterocycles. The number of carbonyl (C=O) groups is 1. The number of halogens is 3. The van der Waals surface area contributed by atoms with Crippen molar-refractivity contribution < 1.29 is 27.4 Å². The van der Waals surface area contributed by atoms with Crippen LogP contribution in [0.3, 0.4) is 0 Å². The number of esters is 1. The van der Waals surface area contributed by atoms with Gasteiger partial charge in [0.05, 0.1) is 5.56 Å². The summed E-state index contributed by atoms with van der Waals surface area (Å²) in [5.74, 6) is -0.764. The van der Waals surface area contributed by atoms with Gasteiger partial charge in [-0.05, 0) is 30.7 Å². The van der Waals surface area contributed by atoms with E-state index in [9.17, 15) is 18.0 Å². The van der Waals surface area contributed by atoms with E-state index in [0.29, 0.717) is 11.3 Å². The first-order chi connectivity index (χ1) is 8.29. The molecule has 4 nitrogen and oxygen atoms in total. The highest BCUT2D eigenvalue weighted by Gasteiger charge is 2.27. The molecule has 1 aromatic carbocycles. The minimum Gasteiger partial charge on any atom is -0.435 e. The highest BCUT2D eigenvalue weighted by atomic mass is 19.4. The van der Waals surface area contributed by atoms with Crippen LogP contribution in [0.1, 0.15) is 15.9 Å². The van der Waals surface area contributed by atoms with Crippen molar-refractivity contribution in [3.63, 3.8) is 0 Å². The Kier molecular flexibility index (Phi) is 4.55. The smallest absolute Gasteiger partial charge is 0.411 e. The van der Waals surface area contributed by atoms with Crippen molar-refractivity contribution in [3.05, 3.63) is 29.3 Å². The number of alkyl halides is 3. The molecule has 0 aliphatic heterocycles. The van der Waals surface area contributed by atoms with Gasteiger partial charge in [-0.25, -0.2) is 4.79 Å². The van der Waals surface area contributed by atoms with Gasteiger partial charge in [-0.3, -0.25) is 0 Å². The van der Waals surface area contributed by atoms with E-state index in [0.717, 1.165) is 0 Å². The number of hydrogen-bond donors (Lipinski definition) is 1. The van der Waals surface area contributed by atoms with Gasteiger partial charge in [0.25, 0.3) is 0 Å². The number of rotatable bonds is 4. The van der Waals surface area contributed by atoms with Crippen molar-refractivity contribution in [2.45, 2.75) is 13.1 Å². The van der Waals surface area contributed by atoms with Gasteiger partial charge in [-0.1, -0.05) is 0 Å². The molecule has 0 spiro atoms. The van der Waals surface area contributed by atoms with E-state index >= 15 is 0 Å². The molecule has 2 N–H and O–H groups in total. The molecular formula is C11H12F3NO3. The van der Waals surface area contributed by atoms with E-state index in [2.05, 4.69) is 9.47 Å².